The van der Waals surface area contributed by atoms with E-state index in [4.69, 9.17) is 23.2 Å². The number of aromatic carboxylic acids is 1. The number of H-pyrrole nitrogens is 1. The van der Waals surface area contributed by atoms with Crippen LogP contribution in [-0.4, -0.2) is 30.4 Å². The van der Waals surface area contributed by atoms with Gasteiger partial charge in [0.05, 0.1) is 9.92 Å². The Labute approximate surface area is 169 Å². The summed E-state index contributed by atoms with van der Waals surface area (Å²) in [4.78, 5) is 26.2. The van der Waals surface area contributed by atoms with Crippen molar-refractivity contribution in [2.75, 3.05) is 0 Å². The smallest absolute Gasteiger partial charge is 0.352 e. The highest BCUT2D eigenvalue weighted by atomic mass is 35.5. The maximum atomic E-state index is 12.2. The van der Waals surface area contributed by atoms with Gasteiger partial charge < -0.3 is 10.1 Å². The van der Waals surface area contributed by atoms with Gasteiger partial charge in [0.25, 0.3) is 15.9 Å². The zero-order chi connectivity index (χ0) is 20.5. The monoisotopic (exact) mass is 438 g/mol. The number of carboxylic acids is 1. The molecule has 0 aliphatic rings. The Bertz CT molecular complexity index is 1220. The van der Waals surface area contributed by atoms with E-state index in [-0.39, 0.29) is 21.2 Å². The van der Waals surface area contributed by atoms with E-state index >= 15 is 0 Å². The molecule has 144 valence electrons. The summed E-state index contributed by atoms with van der Waals surface area (Å²) in [6.45, 7) is 0. The van der Waals surface area contributed by atoms with E-state index in [0.29, 0.717) is 15.9 Å². The zero-order valence-corrected chi connectivity index (χ0v) is 16.3. The lowest BCUT2D eigenvalue weighted by Crippen LogP contribution is -2.28. The summed E-state index contributed by atoms with van der Waals surface area (Å²) in [5.41, 5.74) is 0.275. The van der Waals surface area contributed by atoms with Crippen molar-refractivity contribution in [3.63, 3.8) is 0 Å². The van der Waals surface area contributed by atoms with Gasteiger partial charge >= 0.3 is 5.97 Å². The van der Waals surface area contributed by atoms with Crippen LogP contribution in [0.1, 0.15) is 16.1 Å². The number of hydrogen-bond donors (Lipinski definition) is 3. The van der Waals surface area contributed by atoms with Gasteiger partial charge in [-0.3, -0.25) is 4.79 Å². The van der Waals surface area contributed by atoms with Crippen LogP contribution < -0.4 is 4.72 Å². The molecule has 0 radical (unpaired) electrons. The maximum Gasteiger partial charge on any atom is 0.352 e. The standard InChI is InChI=1S/C18H12Cl2N2O5S/c19-10-8-13(20)16-12(17(18(24)25)21-14(16)9-10)6-7-15(23)22-28(26,27)11-4-2-1-3-5-11/h1-9,21H,(H,22,23)(H,24,25). The molecule has 3 aromatic rings. The molecule has 0 atom stereocenters. The minimum absolute atomic E-state index is 0.0762. The fourth-order valence-corrected chi connectivity index (χ4v) is 4.15. The molecular weight excluding hydrogens is 427 g/mol. The van der Waals surface area contributed by atoms with Gasteiger partial charge in [-0.25, -0.2) is 17.9 Å². The molecule has 2 aromatic carbocycles. The predicted molar refractivity (Wildman–Crippen MR) is 106 cm³/mol. The molecule has 0 aliphatic carbocycles. The molecule has 1 amide bonds. The summed E-state index contributed by atoms with van der Waals surface area (Å²) < 4.78 is 26.3. The van der Waals surface area contributed by atoms with Crippen LogP contribution in [0.5, 0.6) is 0 Å². The normalized spacial score (nSPS) is 11.8. The molecule has 7 nitrogen and oxygen atoms in total. The van der Waals surface area contributed by atoms with Crippen molar-refractivity contribution in [2.45, 2.75) is 4.90 Å². The Morgan fingerprint density at radius 3 is 2.43 bits per heavy atom. The van der Waals surface area contributed by atoms with E-state index < -0.39 is 21.9 Å². The lowest BCUT2D eigenvalue weighted by molar-refractivity contribution is -0.114. The van der Waals surface area contributed by atoms with Crippen LogP contribution in [-0.2, 0) is 14.8 Å². The van der Waals surface area contributed by atoms with Gasteiger partial charge in [-0.1, -0.05) is 41.4 Å². The minimum Gasteiger partial charge on any atom is -0.477 e. The average molecular weight is 439 g/mol. The lowest BCUT2D eigenvalue weighted by atomic mass is 10.1. The number of sulfonamides is 1. The maximum absolute atomic E-state index is 12.2. The highest BCUT2D eigenvalue weighted by molar-refractivity contribution is 7.90. The van der Waals surface area contributed by atoms with E-state index in [2.05, 4.69) is 4.98 Å². The van der Waals surface area contributed by atoms with E-state index in [9.17, 15) is 23.1 Å². The van der Waals surface area contributed by atoms with E-state index in [1.165, 1.54) is 42.5 Å². The first-order valence-electron chi connectivity index (χ1n) is 7.73. The number of carboxylic acid groups (broad SMARTS) is 1. The third-order valence-corrected chi connectivity index (χ3v) is 5.64. The number of carbonyl (C=O) groups is 2. The summed E-state index contributed by atoms with van der Waals surface area (Å²) in [7, 11) is -4.05. The van der Waals surface area contributed by atoms with Crippen molar-refractivity contribution in [2.24, 2.45) is 0 Å². The van der Waals surface area contributed by atoms with Gasteiger partial charge in [0.2, 0.25) is 0 Å². The molecule has 3 rings (SSSR count). The highest BCUT2D eigenvalue weighted by Crippen LogP contribution is 2.33. The van der Waals surface area contributed by atoms with Crippen molar-refractivity contribution in [1.29, 1.82) is 0 Å². The summed E-state index contributed by atoms with van der Waals surface area (Å²) in [6, 6.07) is 10.3. The summed E-state index contributed by atoms with van der Waals surface area (Å²) in [5.74, 6) is -2.22. The summed E-state index contributed by atoms with van der Waals surface area (Å²) in [6.07, 6.45) is 2.10. The lowest BCUT2D eigenvalue weighted by Gasteiger charge is -2.04. The van der Waals surface area contributed by atoms with Crippen LogP contribution in [0.3, 0.4) is 0 Å². The van der Waals surface area contributed by atoms with Crippen LogP contribution in [0, 0.1) is 0 Å². The Kier molecular flexibility index (Phi) is 5.46. The van der Waals surface area contributed by atoms with Gasteiger partial charge in [-0.2, -0.15) is 0 Å². The second kappa shape index (κ2) is 7.67. The average Bonchev–Trinajstić information content (AvgIpc) is 2.99. The molecule has 0 saturated heterocycles. The third-order valence-electron chi connectivity index (χ3n) is 3.76. The van der Waals surface area contributed by atoms with Crippen molar-refractivity contribution < 1.29 is 23.1 Å². The molecule has 28 heavy (non-hydrogen) atoms. The number of hydrogen-bond acceptors (Lipinski definition) is 4. The molecular formula is C18H12Cl2N2O5S. The number of aromatic nitrogens is 1. The molecule has 0 bridgehead atoms. The van der Waals surface area contributed by atoms with Gasteiger partial charge in [-0.15, -0.1) is 0 Å². The number of carbonyl (C=O) groups excluding carboxylic acids is 1. The zero-order valence-electron chi connectivity index (χ0n) is 13.9. The van der Waals surface area contributed by atoms with Gasteiger partial charge in [0, 0.05) is 27.6 Å². The number of amides is 1. The number of aromatic amines is 1. The topological polar surface area (TPSA) is 116 Å². The van der Waals surface area contributed by atoms with Crippen LogP contribution in [0.4, 0.5) is 0 Å². The summed E-state index contributed by atoms with van der Waals surface area (Å²) in [5, 5.41) is 10.2. The van der Waals surface area contributed by atoms with Crippen molar-refractivity contribution in [3.05, 3.63) is 69.8 Å². The number of rotatable bonds is 5. The number of halogens is 2. The van der Waals surface area contributed by atoms with Crippen LogP contribution in [0.15, 0.2) is 53.4 Å². The first-order valence-corrected chi connectivity index (χ1v) is 9.97. The predicted octanol–water partition coefficient (Wildman–Crippen LogP) is 3.69. The Morgan fingerprint density at radius 1 is 1.11 bits per heavy atom. The molecule has 10 heteroatoms. The fourth-order valence-electron chi connectivity index (χ4n) is 2.59. The minimum atomic E-state index is -4.05. The summed E-state index contributed by atoms with van der Waals surface area (Å²) >= 11 is 12.1. The first-order chi connectivity index (χ1) is 13.2. The molecule has 1 aromatic heterocycles. The Morgan fingerprint density at radius 2 is 1.79 bits per heavy atom. The van der Waals surface area contributed by atoms with E-state index in [1.807, 2.05) is 4.72 Å². The Balaban J connectivity index is 1.96. The first kappa shape index (κ1) is 19.9. The molecule has 0 unspecified atom stereocenters. The van der Waals surface area contributed by atoms with Crippen molar-refractivity contribution in [1.82, 2.24) is 9.71 Å². The largest absolute Gasteiger partial charge is 0.477 e. The molecule has 0 saturated carbocycles. The van der Waals surface area contributed by atoms with Crippen molar-refractivity contribution >= 4 is 62.1 Å². The Hall–Kier alpha value is -2.81. The van der Waals surface area contributed by atoms with Crippen LogP contribution in [0.25, 0.3) is 17.0 Å². The second-order valence-electron chi connectivity index (χ2n) is 5.65. The third kappa shape index (κ3) is 4.04. The molecule has 1 heterocycles. The SMILES string of the molecule is O=C(C=Cc1c(C(=O)O)[nH]c2cc(Cl)cc(Cl)c12)NS(=O)(=O)c1ccccc1. The van der Waals surface area contributed by atoms with Gasteiger partial charge in [-0.05, 0) is 30.3 Å². The molecule has 3 N–H and O–H groups in total. The van der Waals surface area contributed by atoms with Gasteiger partial charge in [0.15, 0.2) is 0 Å². The number of benzene rings is 2. The van der Waals surface area contributed by atoms with Crippen LogP contribution >= 0.6 is 23.2 Å². The molecule has 0 spiro atoms. The van der Waals surface area contributed by atoms with E-state index in [1.54, 1.807) is 6.07 Å². The second-order valence-corrected chi connectivity index (χ2v) is 8.17. The quantitative estimate of drug-likeness (QED) is 0.525. The van der Waals surface area contributed by atoms with Gasteiger partial charge in [0.1, 0.15) is 5.69 Å². The number of nitrogens with one attached hydrogen (secondary N) is 2. The molecule has 0 fully saturated rings. The van der Waals surface area contributed by atoms with E-state index in [0.717, 1.165) is 6.08 Å². The number of fused-ring (bicyclic) bond motifs is 1. The molecule has 0 aliphatic heterocycles. The van der Waals surface area contributed by atoms with Crippen molar-refractivity contribution in [3.8, 4) is 0 Å². The fraction of sp³-hybridized carbons (Fsp3) is 0. The highest BCUT2D eigenvalue weighted by Gasteiger charge is 2.19. The van der Waals surface area contributed by atoms with Crippen LogP contribution in [0.2, 0.25) is 10.0 Å².